The highest BCUT2D eigenvalue weighted by Gasteiger charge is 2.44. The number of hydrogen-bond acceptors (Lipinski definition) is 11. The highest BCUT2D eigenvalue weighted by molar-refractivity contribution is 5.85. The van der Waals surface area contributed by atoms with Crippen molar-refractivity contribution in [1.82, 2.24) is 9.55 Å². The summed E-state index contributed by atoms with van der Waals surface area (Å²) in [5, 5.41) is 31.8. The second-order valence-electron chi connectivity index (χ2n) is 6.67. The second kappa shape index (κ2) is 9.62. The number of carbonyl (C=O) groups is 3. The highest BCUT2D eigenvalue weighted by atomic mass is 16.6. The fourth-order valence-electron chi connectivity index (χ4n) is 2.66. The molecule has 0 radical (unpaired) electrons. The molecular weight excluding hydrogens is 406 g/mol. The molecule has 1 aromatic heterocycles. The standard InChI is InChI=1S/C16H23N5O9/c1-6(17)15(27)29-5-8-11(23)12(24)13(30-8)21-3-2-10(20-16(21)28)19-7(14(25)26)4-9(18)22/h2-3,6-8,11-13,23-24H,4-5,17H2,1H3,(H2,18,22)(H,25,26)(H,19,20,28)/t6-,7-,8+,11+,12-,13+/m0/s1. The summed E-state index contributed by atoms with van der Waals surface area (Å²) in [6.45, 7) is 1.01. The smallest absolute Gasteiger partial charge is 0.351 e. The zero-order valence-electron chi connectivity index (χ0n) is 15.9. The van der Waals surface area contributed by atoms with Crippen LogP contribution in [0.2, 0.25) is 0 Å². The number of carboxylic acids is 1. The normalized spacial score (nSPS) is 25.3. The van der Waals surface area contributed by atoms with Gasteiger partial charge in [0, 0.05) is 6.20 Å². The Morgan fingerprint density at radius 2 is 2.03 bits per heavy atom. The number of aliphatic hydroxyl groups excluding tert-OH is 2. The van der Waals surface area contributed by atoms with Crippen molar-refractivity contribution in [3.05, 3.63) is 22.7 Å². The maximum atomic E-state index is 12.3. The molecule has 1 amide bonds. The number of nitrogens with zero attached hydrogens (tertiary/aromatic N) is 2. The van der Waals surface area contributed by atoms with Crippen molar-refractivity contribution in [2.24, 2.45) is 11.5 Å². The number of nitrogens with one attached hydrogen (secondary N) is 1. The van der Waals surface area contributed by atoms with E-state index in [0.29, 0.717) is 0 Å². The summed E-state index contributed by atoms with van der Waals surface area (Å²) >= 11 is 0. The number of carboxylic acid groups (broad SMARTS) is 1. The number of primary amides is 1. The molecule has 0 bridgehead atoms. The maximum absolute atomic E-state index is 12.3. The molecule has 166 valence electrons. The molecule has 6 atom stereocenters. The number of anilines is 1. The minimum atomic E-state index is -1.54. The van der Waals surface area contributed by atoms with Crippen molar-refractivity contribution in [3.8, 4) is 0 Å². The van der Waals surface area contributed by atoms with E-state index in [0.717, 1.165) is 10.8 Å². The number of aromatic nitrogens is 2. The number of aliphatic hydroxyl groups is 2. The van der Waals surface area contributed by atoms with E-state index in [9.17, 15) is 29.4 Å². The highest BCUT2D eigenvalue weighted by Crippen LogP contribution is 2.28. The first kappa shape index (κ1) is 23.2. The van der Waals surface area contributed by atoms with Crippen LogP contribution in [0.25, 0.3) is 0 Å². The molecule has 8 N–H and O–H groups in total. The van der Waals surface area contributed by atoms with Gasteiger partial charge >= 0.3 is 17.6 Å². The number of ether oxygens (including phenoxy) is 2. The molecule has 2 heterocycles. The van der Waals surface area contributed by atoms with E-state index in [-0.39, 0.29) is 5.82 Å². The van der Waals surface area contributed by atoms with E-state index in [1.54, 1.807) is 0 Å². The van der Waals surface area contributed by atoms with Crippen LogP contribution in [0.15, 0.2) is 17.1 Å². The van der Waals surface area contributed by atoms with Gasteiger partial charge in [0.1, 0.15) is 42.8 Å². The van der Waals surface area contributed by atoms with Crippen molar-refractivity contribution in [1.29, 1.82) is 0 Å². The van der Waals surface area contributed by atoms with Gasteiger partial charge in [-0.05, 0) is 13.0 Å². The van der Waals surface area contributed by atoms with Gasteiger partial charge in [-0.15, -0.1) is 0 Å². The number of hydrogen-bond donors (Lipinski definition) is 6. The van der Waals surface area contributed by atoms with Crippen LogP contribution in [0.1, 0.15) is 19.6 Å². The molecule has 1 aliphatic rings. The van der Waals surface area contributed by atoms with Crippen LogP contribution in [0, 0.1) is 0 Å². The Kier molecular flexibility index (Phi) is 7.44. The summed E-state index contributed by atoms with van der Waals surface area (Å²) in [5.41, 5.74) is 9.42. The summed E-state index contributed by atoms with van der Waals surface area (Å²) in [6, 6.07) is -1.07. The zero-order chi connectivity index (χ0) is 22.6. The third-order valence-electron chi connectivity index (χ3n) is 4.23. The summed E-state index contributed by atoms with van der Waals surface area (Å²) in [6.07, 6.45) is -4.84. The van der Waals surface area contributed by atoms with Crippen LogP contribution in [0.3, 0.4) is 0 Å². The maximum Gasteiger partial charge on any atom is 0.351 e. The Bertz CT molecular complexity index is 858. The van der Waals surface area contributed by atoms with E-state index < -0.39 is 73.2 Å². The number of nitrogens with two attached hydrogens (primary N) is 2. The summed E-state index contributed by atoms with van der Waals surface area (Å²) in [5.74, 6) is -3.13. The molecule has 0 unspecified atom stereocenters. The molecule has 2 rings (SSSR count). The Balaban J connectivity index is 2.12. The van der Waals surface area contributed by atoms with Crippen molar-refractivity contribution in [2.45, 2.75) is 50.0 Å². The Morgan fingerprint density at radius 1 is 1.37 bits per heavy atom. The molecule has 1 aliphatic heterocycles. The minimum absolute atomic E-state index is 0.152. The van der Waals surface area contributed by atoms with Crippen LogP contribution >= 0.6 is 0 Å². The molecule has 14 heteroatoms. The van der Waals surface area contributed by atoms with Crippen LogP contribution in [0.5, 0.6) is 0 Å². The Morgan fingerprint density at radius 3 is 2.57 bits per heavy atom. The lowest BCUT2D eigenvalue weighted by Gasteiger charge is -2.18. The van der Waals surface area contributed by atoms with E-state index in [4.69, 9.17) is 26.0 Å². The molecule has 30 heavy (non-hydrogen) atoms. The average molecular weight is 429 g/mol. The van der Waals surface area contributed by atoms with E-state index in [2.05, 4.69) is 10.3 Å². The third kappa shape index (κ3) is 5.50. The van der Waals surface area contributed by atoms with E-state index in [1.165, 1.54) is 13.0 Å². The van der Waals surface area contributed by atoms with Gasteiger partial charge in [0.05, 0.1) is 6.42 Å². The predicted octanol–water partition coefficient (Wildman–Crippen LogP) is -3.51. The lowest BCUT2D eigenvalue weighted by molar-refractivity contribution is -0.151. The van der Waals surface area contributed by atoms with Crippen molar-refractivity contribution >= 4 is 23.7 Å². The Hall–Kier alpha value is -3.07. The molecule has 0 aromatic carbocycles. The third-order valence-corrected chi connectivity index (χ3v) is 4.23. The van der Waals surface area contributed by atoms with Gasteiger partial charge in [-0.1, -0.05) is 0 Å². The first-order valence-electron chi connectivity index (χ1n) is 8.82. The molecule has 0 aliphatic carbocycles. The quantitative estimate of drug-likeness (QED) is 0.210. The number of rotatable bonds is 9. The zero-order valence-corrected chi connectivity index (χ0v) is 15.9. The summed E-state index contributed by atoms with van der Waals surface area (Å²) in [4.78, 5) is 49.5. The molecule has 14 nitrogen and oxygen atoms in total. The largest absolute Gasteiger partial charge is 0.480 e. The minimum Gasteiger partial charge on any atom is -0.480 e. The SMILES string of the molecule is C[C@H](N)C(=O)OC[C@H]1O[C@@H](n2ccc(N[C@@H](CC(N)=O)C(=O)O)nc2=O)[C@@H](O)[C@@H]1O. The summed E-state index contributed by atoms with van der Waals surface area (Å²) in [7, 11) is 0. The monoisotopic (exact) mass is 429 g/mol. The number of carbonyl (C=O) groups excluding carboxylic acids is 2. The van der Waals surface area contributed by atoms with Gasteiger partial charge in [0.25, 0.3) is 0 Å². The predicted molar refractivity (Wildman–Crippen MR) is 97.9 cm³/mol. The van der Waals surface area contributed by atoms with Crippen LogP contribution < -0.4 is 22.5 Å². The number of esters is 1. The van der Waals surface area contributed by atoms with Crippen LogP contribution in [0.4, 0.5) is 5.82 Å². The van der Waals surface area contributed by atoms with Crippen molar-refractivity contribution in [2.75, 3.05) is 11.9 Å². The van der Waals surface area contributed by atoms with Gasteiger partial charge in [-0.3, -0.25) is 14.2 Å². The van der Waals surface area contributed by atoms with Gasteiger partial charge in [-0.2, -0.15) is 4.98 Å². The average Bonchev–Trinajstić information content (AvgIpc) is 2.93. The molecule has 0 spiro atoms. The number of aliphatic carboxylic acids is 1. The van der Waals surface area contributed by atoms with Gasteiger partial charge in [-0.25, -0.2) is 9.59 Å². The topological polar surface area (TPSA) is 229 Å². The molecule has 1 aromatic rings. The molecule has 1 saturated heterocycles. The molecular formula is C16H23N5O9. The molecule has 0 saturated carbocycles. The van der Waals surface area contributed by atoms with E-state index in [1.807, 2.05) is 0 Å². The van der Waals surface area contributed by atoms with Gasteiger partial charge in [0.2, 0.25) is 5.91 Å². The number of amides is 1. The van der Waals surface area contributed by atoms with Crippen LogP contribution in [-0.4, -0.2) is 79.7 Å². The van der Waals surface area contributed by atoms with Gasteiger partial charge < -0.3 is 41.6 Å². The first-order valence-corrected chi connectivity index (χ1v) is 8.82. The van der Waals surface area contributed by atoms with E-state index >= 15 is 0 Å². The van der Waals surface area contributed by atoms with Crippen molar-refractivity contribution in [3.63, 3.8) is 0 Å². The fraction of sp³-hybridized carbons (Fsp3) is 0.562. The lowest BCUT2D eigenvalue weighted by atomic mass is 10.1. The van der Waals surface area contributed by atoms with Crippen molar-refractivity contribution < 1.29 is 39.2 Å². The fourth-order valence-corrected chi connectivity index (χ4v) is 2.66. The summed E-state index contributed by atoms with van der Waals surface area (Å²) < 4.78 is 11.2. The second-order valence-corrected chi connectivity index (χ2v) is 6.67. The first-order chi connectivity index (χ1) is 14.0. The Labute approximate surface area is 169 Å². The molecule has 1 fully saturated rings. The van der Waals surface area contributed by atoms with Crippen LogP contribution in [-0.2, 0) is 23.9 Å². The lowest BCUT2D eigenvalue weighted by Crippen LogP contribution is -2.38. The van der Waals surface area contributed by atoms with Gasteiger partial charge in [0.15, 0.2) is 6.23 Å².